The smallest absolute Gasteiger partial charge is 0.154 e. The molecule has 2 atom stereocenters. The molecule has 5 heteroatoms. The van der Waals surface area contributed by atoms with Gasteiger partial charge in [-0.25, -0.2) is 12.8 Å². The Morgan fingerprint density at radius 1 is 1.44 bits per heavy atom. The number of hydrogen-bond acceptors (Lipinski definition) is 3. The summed E-state index contributed by atoms with van der Waals surface area (Å²) in [4.78, 5) is 0. The lowest BCUT2D eigenvalue weighted by atomic mass is 10.3. The number of rotatable bonds is 0. The first-order valence-electron chi connectivity index (χ1n) is 2.61. The van der Waals surface area contributed by atoms with E-state index >= 15 is 0 Å². The van der Waals surface area contributed by atoms with Gasteiger partial charge in [0.05, 0.1) is 17.5 Å². The van der Waals surface area contributed by atoms with Crippen LogP contribution >= 0.6 is 0 Å². The molecule has 0 saturated carbocycles. The lowest BCUT2D eigenvalue weighted by Crippen LogP contribution is -2.29. The molecule has 0 unspecified atom stereocenters. The highest BCUT2D eigenvalue weighted by molar-refractivity contribution is 7.91. The molecule has 0 aliphatic carbocycles. The van der Waals surface area contributed by atoms with Gasteiger partial charge in [-0.15, -0.1) is 0 Å². The summed E-state index contributed by atoms with van der Waals surface area (Å²) in [6.07, 6.45) is -1.35. The third-order valence-electron chi connectivity index (χ3n) is 1.32. The largest absolute Gasteiger partial charge is 0.324 e. The molecule has 1 aliphatic heterocycles. The van der Waals surface area contributed by atoms with E-state index < -0.39 is 27.8 Å². The van der Waals surface area contributed by atoms with Crippen molar-refractivity contribution >= 4 is 9.84 Å². The maximum Gasteiger partial charge on any atom is 0.154 e. The monoisotopic (exact) mass is 153 g/mol. The van der Waals surface area contributed by atoms with Crippen LogP contribution in [0.4, 0.5) is 4.39 Å². The molecule has 1 saturated heterocycles. The molecule has 0 aromatic rings. The average Bonchev–Trinajstić information content (AvgIpc) is 1.79. The SMILES string of the molecule is N[C@H]1CS(=O)(=O)C[C@@H]1F. The van der Waals surface area contributed by atoms with Gasteiger partial charge >= 0.3 is 0 Å². The van der Waals surface area contributed by atoms with E-state index in [0.717, 1.165) is 0 Å². The summed E-state index contributed by atoms with van der Waals surface area (Å²) in [5, 5.41) is 0. The van der Waals surface area contributed by atoms with Gasteiger partial charge in [0.15, 0.2) is 9.84 Å². The zero-order valence-electron chi connectivity index (χ0n) is 4.75. The van der Waals surface area contributed by atoms with Crippen LogP contribution in [0.25, 0.3) is 0 Å². The highest BCUT2D eigenvalue weighted by Gasteiger charge is 2.34. The Hall–Kier alpha value is -0.160. The summed E-state index contributed by atoms with van der Waals surface area (Å²) in [6, 6.07) is -0.796. The zero-order chi connectivity index (χ0) is 7.07. The van der Waals surface area contributed by atoms with Crippen molar-refractivity contribution in [3.8, 4) is 0 Å². The minimum Gasteiger partial charge on any atom is -0.324 e. The second-order valence-corrected chi connectivity index (χ2v) is 4.41. The van der Waals surface area contributed by atoms with Gasteiger partial charge < -0.3 is 5.73 Å². The molecule has 0 amide bonds. The summed E-state index contributed by atoms with van der Waals surface area (Å²) in [5.74, 6) is -0.595. The molecule has 3 nitrogen and oxygen atoms in total. The van der Waals surface area contributed by atoms with Crippen LogP contribution < -0.4 is 5.73 Å². The van der Waals surface area contributed by atoms with Gasteiger partial charge in [-0.3, -0.25) is 0 Å². The third-order valence-corrected chi connectivity index (χ3v) is 3.04. The van der Waals surface area contributed by atoms with Crippen molar-refractivity contribution in [2.75, 3.05) is 11.5 Å². The lowest BCUT2D eigenvalue weighted by Gasteiger charge is -1.98. The standard InChI is InChI=1S/C4H8FNO2S/c5-3-1-9(7,8)2-4(3)6/h3-4H,1-2,6H2/t3-,4-/m0/s1. The highest BCUT2D eigenvalue weighted by Crippen LogP contribution is 2.12. The van der Waals surface area contributed by atoms with Crippen molar-refractivity contribution in [1.29, 1.82) is 0 Å². The number of alkyl halides is 1. The van der Waals surface area contributed by atoms with Crippen LogP contribution in [0, 0.1) is 0 Å². The Labute approximate surface area is 53.0 Å². The molecule has 2 N–H and O–H groups in total. The second-order valence-electron chi connectivity index (χ2n) is 2.26. The molecule has 0 spiro atoms. The molecule has 9 heavy (non-hydrogen) atoms. The van der Waals surface area contributed by atoms with E-state index in [4.69, 9.17) is 5.73 Å². The van der Waals surface area contributed by atoms with Crippen molar-refractivity contribution in [1.82, 2.24) is 0 Å². The van der Waals surface area contributed by atoms with Crippen LogP contribution in [0.5, 0.6) is 0 Å². The summed E-state index contributed by atoms with van der Waals surface area (Å²) >= 11 is 0. The molecule has 1 heterocycles. The fourth-order valence-corrected chi connectivity index (χ4v) is 2.50. The maximum absolute atomic E-state index is 12.3. The van der Waals surface area contributed by atoms with E-state index in [1.807, 2.05) is 0 Å². The minimum atomic E-state index is -3.14. The van der Waals surface area contributed by atoms with Crippen LogP contribution in [-0.4, -0.2) is 32.1 Å². The Morgan fingerprint density at radius 3 is 2.11 bits per heavy atom. The first-order chi connectivity index (χ1) is 4.01. The van der Waals surface area contributed by atoms with E-state index in [0.29, 0.717) is 0 Å². The molecule has 1 rings (SSSR count). The van der Waals surface area contributed by atoms with Crippen molar-refractivity contribution in [3.05, 3.63) is 0 Å². The predicted octanol–water partition coefficient (Wildman–Crippen LogP) is -0.920. The Morgan fingerprint density at radius 2 is 2.00 bits per heavy atom. The van der Waals surface area contributed by atoms with Crippen molar-refractivity contribution in [2.45, 2.75) is 12.2 Å². The molecule has 0 aromatic carbocycles. The summed E-state index contributed by atoms with van der Waals surface area (Å²) in [5.41, 5.74) is 5.10. The Bertz CT molecular complexity index is 185. The zero-order valence-corrected chi connectivity index (χ0v) is 5.57. The first kappa shape index (κ1) is 6.95. The number of halogens is 1. The molecule has 0 aromatic heterocycles. The van der Waals surface area contributed by atoms with Crippen molar-refractivity contribution in [2.24, 2.45) is 5.73 Å². The van der Waals surface area contributed by atoms with E-state index in [9.17, 15) is 12.8 Å². The fourth-order valence-electron chi connectivity index (χ4n) is 0.832. The van der Waals surface area contributed by atoms with Gasteiger partial charge in [0.1, 0.15) is 6.17 Å². The van der Waals surface area contributed by atoms with Crippen LogP contribution in [0.15, 0.2) is 0 Å². The molecule has 0 radical (unpaired) electrons. The van der Waals surface area contributed by atoms with E-state index in [-0.39, 0.29) is 5.75 Å². The lowest BCUT2D eigenvalue weighted by molar-refractivity contribution is 0.336. The van der Waals surface area contributed by atoms with Gasteiger partial charge in [-0.1, -0.05) is 0 Å². The first-order valence-corrected chi connectivity index (χ1v) is 4.43. The van der Waals surface area contributed by atoms with E-state index in [1.54, 1.807) is 0 Å². The third kappa shape index (κ3) is 1.40. The molecular weight excluding hydrogens is 145 g/mol. The normalized spacial score (nSPS) is 41.1. The van der Waals surface area contributed by atoms with Gasteiger partial charge in [0, 0.05) is 0 Å². The molecule has 1 fully saturated rings. The molecule has 54 valence electrons. The van der Waals surface area contributed by atoms with Gasteiger partial charge in [0.2, 0.25) is 0 Å². The quantitative estimate of drug-likeness (QED) is 0.489. The van der Waals surface area contributed by atoms with Crippen molar-refractivity contribution in [3.63, 3.8) is 0 Å². The Kier molecular flexibility index (Phi) is 1.48. The summed E-state index contributed by atoms with van der Waals surface area (Å²) in [6.45, 7) is 0. The minimum absolute atomic E-state index is 0.200. The van der Waals surface area contributed by atoms with Crippen molar-refractivity contribution < 1.29 is 12.8 Å². The highest BCUT2D eigenvalue weighted by atomic mass is 32.2. The topological polar surface area (TPSA) is 60.2 Å². The fraction of sp³-hybridized carbons (Fsp3) is 1.00. The summed E-state index contributed by atoms with van der Waals surface area (Å²) in [7, 11) is -3.14. The number of sulfone groups is 1. The summed E-state index contributed by atoms with van der Waals surface area (Å²) < 4.78 is 33.4. The maximum atomic E-state index is 12.3. The molecule has 0 bridgehead atoms. The predicted molar refractivity (Wildman–Crippen MR) is 31.5 cm³/mol. The van der Waals surface area contributed by atoms with Gasteiger partial charge in [-0.2, -0.15) is 0 Å². The average molecular weight is 153 g/mol. The van der Waals surface area contributed by atoms with Crippen LogP contribution in [0.1, 0.15) is 0 Å². The molecule has 1 aliphatic rings. The van der Waals surface area contributed by atoms with E-state index in [2.05, 4.69) is 0 Å². The molecular formula is C4H8FNO2S. The van der Waals surface area contributed by atoms with Crippen LogP contribution in [0.3, 0.4) is 0 Å². The van der Waals surface area contributed by atoms with Crippen LogP contribution in [-0.2, 0) is 9.84 Å². The number of nitrogens with two attached hydrogens (primary N) is 1. The number of hydrogen-bond donors (Lipinski definition) is 1. The van der Waals surface area contributed by atoms with E-state index in [1.165, 1.54) is 0 Å². The second kappa shape index (κ2) is 1.91. The van der Waals surface area contributed by atoms with Gasteiger partial charge in [0.25, 0.3) is 0 Å². The van der Waals surface area contributed by atoms with Gasteiger partial charge in [-0.05, 0) is 0 Å². The Balaban J connectivity index is 2.77. The van der Waals surface area contributed by atoms with Crippen LogP contribution in [0.2, 0.25) is 0 Å².